The third-order valence-electron chi connectivity index (χ3n) is 4.26. The van der Waals surface area contributed by atoms with Gasteiger partial charge >= 0.3 is 11.9 Å². The van der Waals surface area contributed by atoms with Crippen LogP contribution in [0.25, 0.3) is 0 Å². The van der Waals surface area contributed by atoms with Crippen LogP contribution in [0.5, 0.6) is 0 Å². The standard InChI is InChI=1S/C14H25NO4/c1-4-19-13(18)14(2)7-10-15(3,11-8-14)9-5-6-12(16)17/h4-11H2,1-3H3/p+1. The molecule has 1 N–H and O–H groups in total. The molecule has 0 bridgehead atoms. The van der Waals surface area contributed by atoms with Gasteiger partial charge in [0.05, 0.1) is 45.1 Å². The van der Waals surface area contributed by atoms with E-state index in [1.807, 2.05) is 13.8 Å². The molecule has 0 unspecified atom stereocenters. The highest BCUT2D eigenvalue weighted by Crippen LogP contribution is 2.34. The second-order valence-electron chi connectivity index (χ2n) is 6.07. The second-order valence-corrected chi connectivity index (χ2v) is 6.07. The molecule has 0 aliphatic carbocycles. The normalized spacial score (nSPS) is 30.9. The molecule has 0 aromatic rings. The monoisotopic (exact) mass is 272 g/mol. The van der Waals surface area contributed by atoms with Crippen molar-refractivity contribution in [2.24, 2.45) is 5.41 Å². The number of quaternary nitrogens is 1. The average molecular weight is 272 g/mol. The molecule has 1 fully saturated rings. The van der Waals surface area contributed by atoms with Gasteiger partial charge in [-0.15, -0.1) is 0 Å². The van der Waals surface area contributed by atoms with E-state index >= 15 is 0 Å². The van der Waals surface area contributed by atoms with Crippen LogP contribution in [0.3, 0.4) is 0 Å². The van der Waals surface area contributed by atoms with E-state index < -0.39 is 5.97 Å². The number of piperidine rings is 1. The Morgan fingerprint density at radius 2 is 1.89 bits per heavy atom. The molecule has 0 amide bonds. The number of likely N-dealkylation sites (tertiary alicyclic amines) is 1. The van der Waals surface area contributed by atoms with Gasteiger partial charge in [-0.1, -0.05) is 0 Å². The predicted molar refractivity (Wildman–Crippen MR) is 71.6 cm³/mol. The summed E-state index contributed by atoms with van der Waals surface area (Å²) in [6.07, 6.45) is 2.55. The second kappa shape index (κ2) is 6.37. The molecule has 1 saturated heterocycles. The number of esters is 1. The number of carbonyl (C=O) groups excluding carboxylic acids is 1. The molecule has 110 valence electrons. The summed E-state index contributed by atoms with van der Waals surface area (Å²) in [5, 5.41) is 8.67. The van der Waals surface area contributed by atoms with Crippen LogP contribution < -0.4 is 0 Å². The number of nitrogens with zero attached hydrogens (tertiary/aromatic N) is 1. The Morgan fingerprint density at radius 3 is 2.37 bits per heavy atom. The van der Waals surface area contributed by atoms with E-state index in [0.717, 1.165) is 37.0 Å². The van der Waals surface area contributed by atoms with Gasteiger partial charge in [0.2, 0.25) is 0 Å². The molecule has 0 aromatic carbocycles. The number of carbonyl (C=O) groups is 2. The summed E-state index contributed by atoms with van der Waals surface area (Å²) in [5.74, 6) is -0.827. The summed E-state index contributed by atoms with van der Waals surface area (Å²) < 4.78 is 6.00. The van der Waals surface area contributed by atoms with Crippen LogP contribution >= 0.6 is 0 Å². The van der Waals surface area contributed by atoms with Gasteiger partial charge in [-0.25, -0.2) is 0 Å². The highest BCUT2D eigenvalue weighted by Gasteiger charge is 2.43. The fourth-order valence-electron chi connectivity index (χ4n) is 2.62. The SMILES string of the molecule is CCOC(=O)C1(C)CC[N+](C)(CCCC(=O)O)CC1. The van der Waals surface area contributed by atoms with E-state index in [-0.39, 0.29) is 17.8 Å². The van der Waals surface area contributed by atoms with Crippen molar-refractivity contribution in [3.8, 4) is 0 Å². The van der Waals surface area contributed by atoms with E-state index in [2.05, 4.69) is 7.05 Å². The van der Waals surface area contributed by atoms with Gasteiger partial charge in [0.1, 0.15) is 0 Å². The van der Waals surface area contributed by atoms with Gasteiger partial charge in [0, 0.05) is 19.3 Å². The Hall–Kier alpha value is -1.10. The molecule has 1 rings (SSSR count). The summed E-state index contributed by atoms with van der Waals surface area (Å²) in [4.78, 5) is 22.5. The summed E-state index contributed by atoms with van der Waals surface area (Å²) in [5.41, 5.74) is -0.361. The first-order chi connectivity index (χ1) is 8.81. The number of carboxylic acids is 1. The maximum Gasteiger partial charge on any atom is 0.312 e. The van der Waals surface area contributed by atoms with E-state index in [1.165, 1.54) is 0 Å². The number of carboxylic acid groups (broad SMARTS) is 1. The Labute approximate surface area is 115 Å². The largest absolute Gasteiger partial charge is 0.481 e. The highest BCUT2D eigenvalue weighted by atomic mass is 16.5. The molecular weight excluding hydrogens is 246 g/mol. The van der Waals surface area contributed by atoms with Crippen LogP contribution in [0.1, 0.15) is 39.5 Å². The summed E-state index contributed by atoms with van der Waals surface area (Å²) in [6.45, 7) is 6.93. The third kappa shape index (κ3) is 4.49. The van der Waals surface area contributed by atoms with Crippen LogP contribution in [0.4, 0.5) is 0 Å². The van der Waals surface area contributed by atoms with Crippen LogP contribution in [0, 0.1) is 5.41 Å². The number of hydrogen-bond donors (Lipinski definition) is 1. The minimum absolute atomic E-state index is 0.0909. The van der Waals surface area contributed by atoms with Gasteiger partial charge in [0.25, 0.3) is 0 Å². The minimum Gasteiger partial charge on any atom is -0.481 e. The first-order valence-electron chi connectivity index (χ1n) is 7.04. The quantitative estimate of drug-likeness (QED) is 0.590. The number of aliphatic carboxylic acids is 1. The Morgan fingerprint density at radius 1 is 1.32 bits per heavy atom. The molecule has 0 spiro atoms. The molecule has 5 nitrogen and oxygen atoms in total. The minimum atomic E-state index is -0.736. The zero-order chi connectivity index (χ0) is 14.5. The third-order valence-corrected chi connectivity index (χ3v) is 4.26. The van der Waals surface area contributed by atoms with E-state index in [4.69, 9.17) is 9.84 Å². The van der Waals surface area contributed by atoms with Crippen LogP contribution in [-0.4, -0.2) is 54.8 Å². The fourth-order valence-corrected chi connectivity index (χ4v) is 2.62. The summed E-state index contributed by atoms with van der Waals surface area (Å²) in [6, 6.07) is 0. The molecule has 19 heavy (non-hydrogen) atoms. The van der Waals surface area contributed by atoms with E-state index in [1.54, 1.807) is 0 Å². The van der Waals surface area contributed by atoms with Crippen molar-refractivity contribution in [3.05, 3.63) is 0 Å². The average Bonchev–Trinajstić information content (AvgIpc) is 2.33. The van der Waals surface area contributed by atoms with Gasteiger partial charge in [-0.05, 0) is 13.8 Å². The molecule has 0 radical (unpaired) electrons. The first-order valence-corrected chi connectivity index (χ1v) is 7.04. The molecule has 0 atom stereocenters. The topological polar surface area (TPSA) is 63.6 Å². The van der Waals surface area contributed by atoms with Crippen LogP contribution in [-0.2, 0) is 14.3 Å². The van der Waals surface area contributed by atoms with Crippen LogP contribution in [0.2, 0.25) is 0 Å². The van der Waals surface area contributed by atoms with Gasteiger partial charge < -0.3 is 14.3 Å². The predicted octanol–water partition coefficient (Wildman–Crippen LogP) is 1.66. The maximum absolute atomic E-state index is 11.9. The maximum atomic E-state index is 11.9. The van der Waals surface area contributed by atoms with E-state index in [0.29, 0.717) is 13.0 Å². The van der Waals surface area contributed by atoms with Gasteiger partial charge in [-0.2, -0.15) is 0 Å². The lowest BCUT2D eigenvalue weighted by atomic mass is 9.79. The first kappa shape index (κ1) is 16.0. The molecule has 1 aliphatic rings. The summed E-state index contributed by atoms with van der Waals surface area (Å²) in [7, 11) is 2.15. The van der Waals surface area contributed by atoms with Crippen molar-refractivity contribution in [3.63, 3.8) is 0 Å². The Balaban J connectivity index is 2.46. The smallest absolute Gasteiger partial charge is 0.312 e. The Kier molecular flexibility index (Phi) is 5.35. The molecule has 1 aliphatic heterocycles. The lowest BCUT2D eigenvalue weighted by Crippen LogP contribution is -2.54. The highest BCUT2D eigenvalue weighted by molar-refractivity contribution is 5.76. The molecule has 1 heterocycles. The lowest BCUT2D eigenvalue weighted by molar-refractivity contribution is -0.916. The van der Waals surface area contributed by atoms with Crippen molar-refractivity contribution in [2.75, 3.05) is 33.3 Å². The number of rotatable bonds is 6. The molecule has 0 aromatic heterocycles. The Bertz CT molecular complexity index is 332. The lowest BCUT2D eigenvalue weighted by Gasteiger charge is -2.43. The van der Waals surface area contributed by atoms with Crippen molar-refractivity contribution in [1.29, 1.82) is 0 Å². The molecular formula is C14H26NO4+. The van der Waals surface area contributed by atoms with E-state index in [9.17, 15) is 9.59 Å². The van der Waals surface area contributed by atoms with Crippen LogP contribution in [0.15, 0.2) is 0 Å². The van der Waals surface area contributed by atoms with Gasteiger partial charge in [-0.3, -0.25) is 9.59 Å². The molecule has 0 saturated carbocycles. The van der Waals surface area contributed by atoms with Crippen molar-refractivity contribution >= 4 is 11.9 Å². The van der Waals surface area contributed by atoms with Crippen molar-refractivity contribution in [2.45, 2.75) is 39.5 Å². The van der Waals surface area contributed by atoms with Crippen molar-refractivity contribution < 1.29 is 23.9 Å². The number of ether oxygens (including phenoxy) is 1. The number of hydrogen-bond acceptors (Lipinski definition) is 3. The molecule has 5 heteroatoms. The summed E-state index contributed by atoms with van der Waals surface area (Å²) >= 11 is 0. The zero-order valence-electron chi connectivity index (χ0n) is 12.3. The zero-order valence-corrected chi connectivity index (χ0v) is 12.3. The fraction of sp³-hybridized carbons (Fsp3) is 0.857. The van der Waals surface area contributed by atoms with Crippen molar-refractivity contribution in [1.82, 2.24) is 0 Å². The van der Waals surface area contributed by atoms with Gasteiger partial charge in [0.15, 0.2) is 0 Å².